The van der Waals surface area contributed by atoms with E-state index in [1.807, 2.05) is 44.2 Å². The van der Waals surface area contributed by atoms with Crippen LogP contribution in [0.3, 0.4) is 0 Å². The lowest BCUT2D eigenvalue weighted by atomic mass is 9.98. The first-order chi connectivity index (χ1) is 14.0. The van der Waals surface area contributed by atoms with Crippen molar-refractivity contribution in [3.05, 3.63) is 84.6 Å². The fraction of sp³-hybridized carbons (Fsp3) is 0.143. The van der Waals surface area contributed by atoms with Crippen molar-refractivity contribution in [2.24, 2.45) is 0 Å². The van der Waals surface area contributed by atoms with E-state index in [4.69, 9.17) is 4.42 Å². The molecule has 1 amide bonds. The van der Waals surface area contributed by atoms with Gasteiger partial charge in [0.2, 0.25) is 10.9 Å². The van der Waals surface area contributed by atoms with Crippen LogP contribution in [0.5, 0.6) is 0 Å². The molecule has 6 nitrogen and oxygen atoms in total. The molecule has 3 heterocycles. The molecule has 0 aliphatic carbocycles. The first kappa shape index (κ1) is 18.2. The number of nitrogens with zero attached hydrogens (tertiary/aromatic N) is 3. The molecule has 1 aliphatic heterocycles. The third-order valence-electron chi connectivity index (χ3n) is 5.21. The Balaban J connectivity index is 1.85. The van der Waals surface area contributed by atoms with E-state index < -0.39 is 6.04 Å². The van der Waals surface area contributed by atoms with Crippen molar-refractivity contribution in [2.75, 3.05) is 4.90 Å². The zero-order chi connectivity index (χ0) is 20.3. The summed E-state index contributed by atoms with van der Waals surface area (Å²) in [5.41, 5.74) is 4.88. The molecule has 0 bridgehead atoms. The number of benzene rings is 2. The van der Waals surface area contributed by atoms with Gasteiger partial charge in [0.15, 0.2) is 5.43 Å². The summed E-state index contributed by atoms with van der Waals surface area (Å²) in [5.74, 6) is -0.329. The molecule has 2 aromatic carbocycles. The smallest absolute Gasteiger partial charge is 0.297 e. The minimum atomic E-state index is -0.634. The Morgan fingerprint density at radius 1 is 1.14 bits per heavy atom. The number of aryl methyl sites for hydroxylation is 2. The highest BCUT2D eigenvalue weighted by Gasteiger charge is 2.45. The Hall–Kier alpha value is -2.84. The summed E-state index contributed by atoms with van der Waals surface area (Å²) in [5, 5.41) is 8.83. The molecule has 1 aliphatic rings. The molecule has 29 heavy (non-hydrogen) atoms. The van der Waals surface area contributed by atoms with Gasteiger partial charge >= 0.3 is 0 Å². The summed E-state index contributed by atoms with van der Waals surface area (Å²) in [6, 6.07) is 10.5. The topological polar surface area (TPSA) is 76.3 Å². The lowest BCUT2D eigenvalue weighted by Crippen LogP contribution is -2.29. The average Bonchev–Trinajstić information content (AvgIpc) is 3.30. The van der Waals surface area contributed by atoms with Crippen molar-refractivity contribution < 1.29 is 9.21 Å². The largest absolute Gasteiger partial charge is 0.450 e. The van der Waals surface area contributed by atoms with Gasteiger partial charge in [-0.15, -0.1) is 10.2 Å². The molecule has 0 fully saturated rings. The van der Waals surface area contributed by atoms with Gasteiger partial charge in [0.1, 0.15) is 11.1 Å². The van der Waals surface area contributed by atoms with Crippen LogP contribution in [0.15, 0.2) is 55.6 Å². The van der Waals surface area contributed by atoms with Gasteiger partial charge in [0.25, 0.3) is 5.91 Å². The Bertz CT molecular complexity index is 1350. The molecule has 8 heteroatoms. The second-order valence-corrected chi connectivity index (χ2v) is 8.69. The number of hydrogen-bond donors (Lipinski definition) is 0. The number of hydrogen-bond acceptors (Lipinski definition) is 6. The van der Waals surface area contributed by atoms with Crippen molar-refractivity contribution in [1.29, 1.82) is 0 Å². The van der Waals surface area contributed by atoms with Crippen LogP contribution in [0.25, 0.3) is 11.0 Å². The van der Waals surface area contributed by atoms with Crippen LogP contribution in [0.2, 0.25) is 0 Å². The first-order valence-electron chi connectivity index (χ1n) is 8.89. The van der Waals surface area contributed by atoms with E-state index in [0.29, 0.717) is 21.7 Å². The molecule has 0 N–H and O–H groups in total. The second kappa shape index (κ2) is 6.60. The van der Waals surface area contributed by atoms with Gasteiger partial charge in [-0.05, 0) is 54.8 Å². The number of fused-ring (bicyclic) bond motifs is 2. The standard InChI is InChI=1S/C21H14BrN3O3S/c1-10-6-14-15(7-11(10)2)28-19-16(18(14)26)17(12-4-3-5-13(22)8-12)25(20(19)27)21-24-23-9-29-21/h3-9,17H,1-2H3. The maximum absolute atomic E-state index is 13.5. The third-order valence-corrected chi connectivity index (χ3v) is 6.39. The molecule has 5 rings (SSSR count). The maximum Gasteiger partial charge on any atom is 0.297 e. The van der Waals surface area contributed by atoms with Crippen LogP contribution in [0, 0.1) is 13.8 Å². The van der Waals surface area contributed by atoms with E-state index in [1.165, 1.54) is 16.2 Å². The number of amides is 1. The number of carbonyl (C=O) groups excluding carboxylic acids is 1. The number of halogens is 1. The summed E-state index contributed by atoms with van der Waals surface area (Å²) >= 11 is 4.72. The molecule has 2 aromatic heterocycles. The normalized spacial score (nSPS) is 15.9. The highest BCUT2D eigenvalue weighted by molar-refractivity contribution is 9.10. The summed E-state index contributed by atoms with van der Waals surface area (Å²) in [6.45, 7) is 3.90. The molecule has 0 saturated carbocycles. The van der Waals surface area contributed by atoms with E-state index >= 15 is 0 Å². The van der Waals surface area contributed by atoms with Crippen LogP contribution in [0.4, 0.5) is 5.13 Å². The van der Waals surface area contributed by atoms with E-state index in [-0.39, 0.29) is 17.1 Å². The summed E-state index contributed by atoms with van der Waals surface area (Å²) in [7, 11) is 0. The Morgan fingerprint density at radius 2 is 1.93 bits per heavy atom. The quantitative estimate of drug-likeness (QED) is 0.424. The summed E-state index contributed by atoms with van der Waals surface area (Å²) in [6.07, 6.45) is 0. The second-order valence-electron chi connectivity index (χ2n) is 6.96. The minimum absolute atomic E-state index is 0.0610. The van der Waals surface area contributed by atoms with Crippen molar-refractivity contribution in [2.45, 2.75) is 19.9 Å². The Kier molecular flexibility index (Phi) is 4.15. The van der Waals surface area contributed by atoms with Gasteiger partial charge in [0.05, 0.1) is 17.0 Å². The van der Waals surface area contributed by atoms with Crippen LogP contribution in [-0.4, -0.2) is 16.1 Å². The van der Waals surface area contributed by atoms with E-state index in [2.05, 4.69) is 26.1 Å². The molecule has 1 atom stereocenters. The van der Waals surface area contributed by atoms with Crippen molar-refractivity contribution in [1.82, 2.24) is 10.2 Å². The van der Waals surface area contributed by atoms with Gasteiger partial charge in [-0.25, -0.2) is 0 Å². The molecular weight excluding hydrogens is 454 g/mol. The third kappa shape index (κ3) is 2.74. The highest BCUT2D eigenvalue weighted by Crippen LogP contribution is 2.42. The van der Waals surface area contributed by atoms with Crippen molar-refractivity contribution >= 4 is 49.3 Å². The summed E-state index contributed by atoms with van der Waals surface area (Å²) < 4.78 is 6.85. The number of carbonyl (C=O) groups is 1. The predicted molar refractivity (Wildman–Crippen MR) is 115 cm³/mol. The van der Waals surface area contributed by atoms with Crippen LogP contribution in [0.1, 0.15) is 38.9 Å². The maximum atomic E-state index is 13.5. The molecule has 4 aromatic rings. The minimum Gasteiger partial charge on any atom is -0.450 e. The van der Waals surface area contributed by atoms with Crippen molar-refractivity contribution in [3.63, 3.8) is 0 Å². The van der Waals surface area contributed by atoms with E-state index in [1.54, 1.807) is 11.6 Å². The highest BCUT2D eigenvalue weighted by atomic mass is 79.9. The fourth-order valence-corrected chi connectivity index (χ4v) is 4.69. The monoisotopic (exact) mass is 467 g/mol. The van der Waals surface area contributed by atoms with Gasteiger partial charge in [-0.3, -0.25) is 14.5 Å². The first-order valence-corrected chi connectivity index (χ1v) is 10.6. The Morgan fingerprint density at radius 3 is 2.66 bits per heavy atom. The van der Waals surface area contributed by atoms with E-state index in [9.17, 15) is 9.59 Å². The molecule has 0 saturated heterocycles. The molecule has 0 radical (unpaired) electrons. The van der Waals surface area contributed by atoms with Gasteiger partial charge in [-0.1, -0.05) is 39.4 Å². The average molecular weight is 468 g/mol. The molecule has 144 valence electrons. The van der Waals surface area contributed by atoms with Crippen LogP contribution >= 0.6 is 27.3 Å². The molecular formula is C21H14BrN3O3S. The lowest BCUT2D eigenvalue weighted by molar-refractivity contribution is 0.0970. The van der Waals surface area contributed by atoms with Crippen LogP contribution < -0.4 is 10.3 Å². The van der Waals surface area contributed by atoms with Gasteiger partial charge in [-0.2, -0.15) is 0 Å². The number of aromatic nitrogens is 2. The number of rotatable bonds is 2. The van der Waals surface area contributed by atoms with Crippen molar-refractivity contribution in [3.8, 4) is 0 Å². The van der Waals surface area contributed by atoms with Gasteiger partial charge in [0, 0.05) is 4.47 Å². The molecule has 0 spiro atoms. The lowest BCUT2D eigenvalue weighted by Gasteiger charge is -2.22. The van der Waals surface area contributed by atoms with Gasteiger partial charge < -0.3 is 4.42 Å². The van der Waals surface area contributed by atoms with Crippen LogP contribution in [-0.2, 0) is 0 Å². The fourth-order valence-electron chi connectivity index (χ4n) is 3.69. The summed E-state index contributed by atoms with van der Waals surface area (Å²) in [4.78, 5) is 28.4. The number of anilines is 1. The SMILES string of the molecule is Cc1cc2oc3c(c(=O)c2cc1C)C(c1cccc(Br)c1)N(c1nncs1)C3=O. The zero-order valence-electron chi connectivity index (χ0n) is 15.5. The van der Waals surface area contributed by atoms with E-state index in [0.717, 1.165) is 21.2 Å². The predicted octanol–water partition coefficient (Wildman–Crippen LogP) is 4.77. The Labute approximate surface area is 177 Å². The molecule has 1 unspecified atom stereocenters. The zero-order valence-corrected chi connectivity index (χ0v) is 17.9.